The maximum absolute atomic E-state index is 13.0. The quantitative estimate of drug-likeness (QED) is 0.161. The molecule has 3 aromatic carbocycles. The van der Waals surface area contributed by atoms with E-state index in [1.165, 1.54) is 6.08 Å². The van der Waals surface area contributed by atoms with Crippen molar-refractivity contribution >= 4 is 35.5 Å². The van der Waals surface area contributed by atoms with Crippen LogP contribution in [0, 0.1) is 10.1 Å². The highest BCUT2D eigenvalue weighted by atomic mass is 16.6. The molecule has 3 rings (SSSR count). The lowest BCUT2D eigenvalue weighted by atomic mass is 10.1. The summed E-state index contributed by atoms with van der Waals surface area (Å²) in [6.45, 7) is 1.84. The number of benzene rings is 3. The summed E-state index contributed by atoms with van der Waals surface area (Å²) in [5, 5.41) is 28.0. The lowest BCUT2D eigenvalue weighted by Crippen LogP contribution is -2.32. The van der Waals surface area contributed by atoms with Gasteiger partial charge in [-0.05, 0) is 42.8 Å². The van der Waals surface area contributed by atoms with Gasteiger partial charge in [-0.3, -0.25) is 19.7 Å². The van der Waals surface area contributed by atoms with E-state index in [9.17, 15) is 24.8 Å². The number of anilines is 1. The van der Waals surface area contributed by atoms with E-state index >= 15 is 0 Å². The van der Waals surface area contributed by atoms with E-state index in [-0.39, 0.29) is 35.1 Å². The Kier molecular flexibility index (Phi) is 9.14. The van der Waals surface area contributed by atoms with Gasteiger partial charge in [0.25, 0.3) is 17.5 Å². The fraction of sp³-hybridized carbons (Fsp3) is 0.148. The van der Waals surface area contributed by atoms with Crippen molar-refractivity contribution in [3.05, 3.63) is 99.2 Å². The molecule has 38 heavy (non-hydrogen) atoms. The van der Waals surface area contributed by atoms with Crippen molar-refractivity contribution in [2.45, 2.75) is 6.92 Å². The molecule has 2 amide bonds. The molecule has 0 aromatic heterocycles. The van der Waals surface area contributed by atoms with Gasteiger partial charge in [-0.2, -0.15) is 5.10 Å². The van der Waals surface area contributed by atoms with E-state index in [1.54, 1.807) is 49.4 Å². The molecule has 0 aliphatic carbocycles. The molecule has 11 heteroatoms. The van der Waals surface area contributed by atoms with E-state index in [4.69, 9.17) is 4.74 Å². The summed E-state index contributed by atoms with van der Waals surface area (Å²) in [6.07, 6.45) is 2.54. The van der Waals surface area contributed by atoms with Gasteiger partial charge in [-0.1, -0.05) is 30.3 Å². The molecule has 0 saturated heterocycles. The van der Waals surface area contributed by atoms with Crippen LogP contribution >= 0.6 is 0 Å². The first kappa shape index (κ1) is 27.4. The summed E-state index contributed by atoms with van der Waals surface area (Å²) in [5.74, 6) is -1.72. The van der Waals surface area contributed by atoms with Crippen molar-refractivity contribution in [1.29, 1.82) is 0 Å². The molecule has 0 fully saturated rings. The molecule has 3 aromatic rings. The van der Waals surface area contributed by atoms with Crippen molar-refractivity contribution < 1.29 is 24.4 Å². The average molecular weight is 518 g/mol. The van der Waals surface area contributed by atoms with Crippen LogP contribution in [0.25, 0.3) is 6.08 Å². The Balaban J connectivity index is 1.88. The third-order valence-electron chi connectivity index (χ3n) is 5.22. The van der Waals surface area contributed by atoms with Crippen molar-refractivity contribution in [1.82, 2.24) is 10.7 Å². The van der Waals surface area contributed by atoms with E-state index in [1.807, 2.05) is 31.1 Å². The predicted octanol–water partition coefficient (Wildman–Crippen LogP) is 3.69. The van der Waals surface area contributed by atoms with Crippen LogP contribution in [0.1, 0.15) is 28.4 Å². The number of non-ortho nitro benzene ring substituents is 1. The second kappa shape index (κ2) is 12.7. The van der Waals surface area contributed by atoms with Crippen molar-refractivity contribution in [3.63, 3.8) is 0 Å². The molecular weight excluding hydrogens is 490 g/mol. The standard InChI is InChI=1S/C27H27N5O6/c1-4-38-24-16-22(32(36)37)15-20(25(24)33)17-28-30-27(35)23(29-26(34)19-8-6-5-7-9-19)14-18-10-12-21(13-11-18)31(2)3/h5-17,33H,4H2,1-3H3,(H,29,34)(H,30,35)/b23-14?,28-17+. The second-order valence-corrected chi connectivity index (χ2v) is 8.14. The number of aromatic hydroxyl groups is 1. The zero-order valence-electron chi connectivity index (χ0n) is 21.0. The number of rotatable bonds is 10. The highest BCUT2D eigenvalue weighted by Crippen LogP contribution is 2.33. The van der Waals surface area contributed by atoms with Crippen LogP contribution in [0.3, 0.4) is 0 Å². The van der Waals surface area contributed by atoms with Gasteiger partial charge in [0.1, 0.15) is 5.70 Å². The Bertz CT molecular complexity index is 1370. The molecule has 0 heterocycles. The molecule has 3 N–H and O–H groups in total. The number of ether oxygens (including phenoxy) is 1. The zero-order valence-corrected chi connectivity index (χ0v) is 21.0. The van der Waals surface area contributed by atoms with Crippen LogP contribution in [0.5, 0.6) is 11.5 Å². The Hall–Kier alpha value is -5.19. The molecule has 11 nitrogen and oxygen atoms in total. The van der Waals surface area contributed by atoms with Crippen molar-refractivity contribution in [2.75, 3.05) is 25.6 Å². The van der Waals surface area contributed by atoms with E-state index < -0.39 is 16.7 Å². The van der Waals surface area contributed by atoms with Gasteiger partial charge in [0.15, 0.2) is 11.5 Å². The number of carbonyl (C=O) groups is 2. The fourth-order valence-corrected chi connectivity index (χ4v) is 3.28. The van der Waals surface area contributed by atoms with E-state index in [0.717, 1.165) is 24.0 Å². The molecule has 0 aliphatic rings. The highest BCUT2D eigenvalue weighted by Gasteiger charge is 2.17. The van der Waals surface area contributed by atoms with Crippen molar-refractivity contribution in [2.24, 2.45) is 5.10 Å². The smallest absolute Gasteiger partial charge is 0.287 e. The summed E-state index contributed by atoms with van der Waals surface area (Å²) in [5.41, 5.74) is 3.78. The molecule has 0 bridgehead atoms. The molecule has 0 atom stereocenters. The van der Waals surface area contributed by atoms with Gasteiger partial charge in [-0.25, -0.2) is 5.43 Å². The lowest BCUT2D eigenvalue weighted by Gasteiger charge is -2.13. The lowest BCUT2D eigenvalue weighted by molar-refractivity contribution is -0.385. The number of hydrogen-bond donors (Lipinski definition) is 3. The van der Waals surface area contributed by atoms with Gasteiger partial charge in [0, 0.05) is 37.0 Å². The molecule has 0 unspecified atom stereocenters. The van der Waals surface area contributed by atoms with Crippen LogP contribution in [-0.4, -0.2) is 48.8 Å². The summed E-state index contributed by atoms with van der Waals surface area (Å²) in [4.78, 5) is 38.3. The van der Waals surface area contributed by atoms with Crippen LogP contribution in [0.15, 0.2) is 77.5 Å². The highest BCUT2D eigenvalue weighted by molar-refractivity contribution is 6.05. The summed E-state index contributed by atoms with van der Waals surface area (Å²) in [7, 11) is 3.80. The fourth-order valence-electron chi connectivity index (χ4n) is 3.28. The van der Waals surface area contributed by atoms with Gasteiger partial charge < -0.3 is 20.1 Å². The topological polar surface area (TPSA) is 146 Å². The normalized spacial score (nSPS) is 11.2. The number of amides is 2. The Morgan fingerprint density at radius 3 is 2.39 bits per heavy atom. The minimum Gasteiger partial charge on any atom is -0.504 e. The van der Waals surface area contributed by atoms with Gasteiger partial charge >= 0.3 is 0 Å². The first-order valence-corrected chi connectivity index (χ1v) is 11.5. The van der Waals surface area contributed by atoms with Gasteiger partial charge in [0.2, 0.25) is 0 Å². The molecule has 0 saturated carbocycles. The Morgan fingerprint density at radius 2 is 1.79 bits per heavy atom. The zero-order chi connectivity index (χ0) is 27.7. The maximum atomic E-state index is 13.0. The first-order chi connectivity index (χ1) is 18.2. The molecular formula is C27H27N5O6. The first-order valence-electron chi connectivity index (χ1n) is 11.5. The molecule has 0 spiro atoms. The number of nitro benzene ring substituents is 1. The van der Waals surface area contributed by atoms with Gasteiger partial charge in [0.05, 0.1) is 23.8 Å². The number of phenolic OH excluding ortho intramolecular Hbond substituents is 1. The minimum atomic E-state index is -0.753. The predicted molar refractivity (Wildman–Crippen MR) is 144 cm³/mol. The summed E-state index contributed by atoms with van der Waals surface area (Å²) < 4.78 is 5.25. The molecule has 0 aliphatic heterocycles. The van der Waals surface area contributed by atoms with Crippen LogP contribution in [-0.2, 0) is 4.79 Å². The number of nitro groups is 1. The van der Waals surface area contributed by atoms with Crippen LogP contribution in [0.4, 0.5) is 11.4 Å². The number of hydrogen-bond acceptors (Lipinski definition) is 8. The number of carbonyl (C=O) groups excluding carboxylic acids is 2. The monoisotopic (exact) mass is 517 g/mol. The number of hydrazone groups is 1. The number of phenols is 1. The Labute approximate surface area is 219 Å². The molecule has 196 valence electrons. The van der Waals surface area contributed by atoms with Crippen LogP contribution < -0.4 is 20.4 Å². The number of nitrogens with zero attached hydrogens (tertiary/aromatic N) is 3. The third-order valence-corrected chi connectivity index (χ3v) is 5.22. The van der Waals surface area contributed by atoms with Crippen LogP contribution in [0.2, 0.25) is 0 Å². The van der Waals surface area contributed by atoms with Crippen molar-refractivity contribution in [3.8, 4) is 11.5 Å². The largest absolute Gasteiger partial charge is 0.504 e. The third kappa shape index (κ3) is 7.17. The second-order valence-electron chi connectivity index (χ2n) is 8.14. The SMILES string of the molecule is CCOc1cc([N+](=O)[O-])cc(/C=N/NC(=O)C(=Cc2ccc(N(C)C)cc2)NC(=O)c2ccccc2)c1O. The Morgan fingerprint density at radius 1 is 1.11 bits per heavy atom. The van der Waals surface area contributed by atoms with E-state index in [0.29, 0.717) is 11.1 Å². The minimum absolute atomic E-state index is 0.0407. The van der Waals surface area contributed by atoms with E-state index in [2.05, 4.69) is 15.8 Å². The number of nitrogens with one attached hydrogen (secondary N) is 2. The summed E-state index contributed by atoms with van der Waals surface area (Å²) >= 11 is 0. The maximum Gasteiger partial charge on any atom is 0.287 e. The average Bonchev–Trinajstić information content (AvgIpc) is 2.90. The summed E-state index contributed by atoms with van der Waals surface area (Å²) in [6, 6.07) is 17.9. The van der Waals surface area contributed by atoms with Gasteiger partial charge in [-0.15, -0.1) is 0 Å². The molecule has 0 radical (unpaired) electrons.